The number of benzene rings is 1. The van der Waals surface area contributed by atoms with Crippen LogP contribution < -0.4 is 9.64 Å². The number of carbonyl (C=O) groups excluding carboxylic acids is 2. The summed E-state index contributed by atoms with van der Waals surface area (Å²) >= 11 is 0. The normalized spacial score (nSPS) is 26.4. The highest BCUT2D eigenvalue weighted by atomic mass is 16.5. The Labute approximate surface area is 166 Å². The summed E-state index contributed by atoms with van der Waals surface area (Å²) in [5.74, 6) is 2.56. The molecular weight excluding hydrogens is 356 g/mol. The lowest BCUT2D eigenvalue weighted by Gasteiger charge is -2.36. The SMILES string of the molecule is COc1ccc(N2CCN(C(=O)COC(=O)C[C@@H]3C[C@@H]4CC[C@@H]3C4)CC2)cc1. The van der Waals surface area contributed by atoms with Crippen LogP contribution in [0.15, 0.2) is 24.3 Å². The Morgan fingerprint density at radius 3 is 2.39 bits per heavy atom. The van der Waals surface area contributed by atoms with Crippen molar-refractivity contribution in [2.75, 3.05) is 44.8 Å². The summed E-state index contributed by atoms with van der Waals surface area (Å²) in [4.78, 5) is 28.6. The summed E-state index contributed by atoms with van der Waals surface area (Å²) in [6.07, 6.45) is 5.54. The highest BCUT2D eigenvalue weighted by Crippen LogP contribution is 2.49. The van der Waals surface area contributed by atoms with E-state index < -0.39 is 0 Å². The number of anilines is 1. The molecule has 2 bridgehead atoms. The van der Waals surface area contributed by atoms with Gasteiger partial charge in [-0.2, -0.15) is 0 Å². The zero-order chi connectivity index (χ0) is 19.5. The van der Waals surface area contributed by atoms with Crippen LogP contribution in [0.3, 0.4) is 0 Å². The summed E-state index contributed by atoms with van der Waals surface area (Å²) in [5.41, 5.74) is 1.13. The molecule has 3 fully saturated rings. The van der Waals surface area contributed by atoms with Gasteiger partial charge in [0.2, 0.25) is 0 Å². The van der Waals surface area contributed by atoms with Gasteiger partial charge in [0.1, 0.15) is 5.75 Å². The fourth-order valence-corrected chi connectivity index (χ4v) is 5.14. The predicted octanol–water partition coefficient (Wildman–Crippen LogP) is 2.71. The molecule has 1 aromatic rings. The molecule has 28 heavy (non-hydrogen) atoms. The highest BCUT2D eigenvalue weighted by molar-refractivity contribution is 5.81. The van der Waals surface area contributed by atoms with Gasteiger partial charge >= 0.3 is 5.97 Å². The van der Waals surface area contributed by atoms with E-state index in [9.17, 15) is 9.59 Å². The molecule has 0 unspecified atom stereocenters. The Balaban J connectivity index is 1.18. The first-order chi connectivity index (χ1) is 13.6. The van der Waals surface area contributed by atoms with Gasteiger partial charge in [0.15, 0.2) is 6.61 Å². The number of carbonyl (C=O) groups is 2. The quantitative estimate of drug-likeness (QED) is 0.704. The van der Waals surface area contributed by atoms with E-state index in [1.165, 1.54) is 25.7 Å². The number of ether oxygens (including phenoxy) is 2. The zero-order valence-corrected chi connectivity index (χ0v) is 16.6. The number of esters is 1. The number of amides is 1. The number of piperazine rings is 1. The highest BCUT2D eigenvalue weighted by Gasteiger charge is 2.40. The molecule has 3 aliphatic rings. The topological polar surface area (TPSA) is 59.1 Å². The lowest BCUT2D eigenvalue weighted by atomic mass is 9.86. The molecule has 4 rings (SSSR count). The minimum absolute atomic E-state index is 0.0873. The van der Waals surface area contributed by atoms with Crippen LogP contribution in [0.5, 0.6) is 5.75 Å². The Kier molecular flexibility index (Phi) is 5.74. The summed E-state index contributed by atoms with van der Waals surface area (Å²) < 4.78 is 10.5. The third-order valence-corrected chi connectivity index (χ3v) is 6.74. The van der Waals surface area contributed by atoms with Crippen LogP contribution in [0.2, 0.25) is 0 Å². The van der Waals surface area contributed by atoms with Crippen LogP contribution in [0.25, 0.3) is 0 Å². The Bertz CT molecular complexity index is 697. The first-order valence-electron chi connectivity index (χ1n) is 10.4. The van der Waals surface area contributed by atoms with Crippen molar-refractivity contribution in [3.8, 4) is 5.75 Å². The van der Waals surface area contributed by atoms with E-state index in [2.05, 4.69) is 4.90 Å². The molecule has 152 valence electrons. The van der Waals surface area contributed by atoms with E-state index in [-0.39, 0.29) is 18.5 Å². The minimum Gasteiger partial charge on any atom is -0.497 e. The Morgan fingerprint density at radius 2 is 1.79 bits per heavy atom. The van der Waals surface area contributed by atoms with Crippen molar-refractivity contribution in [3.05, 3.63) is 24.3 Å². The molecule has 0 N–H and O–H groups in total. The van der Waals surface area contributed by atoms with Crippen molar-refractivity contribution in [2.45, 2.75) is 32.1 Å². The molecule has 1 aromatic carbocycles. The number of hydrogen-bond donors (Lipinski definition) is 0. The summed E-state index contributed by atoms with van der Waals surface area (Å²) in [6.45, 7) is 2.72. The first-order valence-corrected chi connectivity index (χ1v) is 10.4. The average Bonchev–Trinajstić information content (AvgIpc) is 3.35. The van der Waals surface area contributed by atoms with Gasteiger partial charge in [-0.1, -0.05) is 6.42 Å². The van der Waals surface area contributed by atoms with Crippen molar-refractivity contribution < 1.29 is 19.1 Å². The van der Waals surface area contributed by atoms with Crippen molar-refractivity contribution >= 4 is 17.6 Å². The molecule has 0 radical (unpaired) electrons. The molecule has 1 aliphatic heterocycles. The molecule has 1 amide bonds. The molecule has 6 heteroatoms. The summed E-state index contributed by atoms with van der Waals surface area (Å²) in [6, 6.07) is 7.96. The number of fused-ring (bicyclic) bond motifs is 2. The molecule has 0 spiro atoms. The van der Waals surface area contributed by atoms with Crippen LogP contribution in [-0.4, -0.2) is 56.7 Å². The molecular formula is C22H30N2O4. The van der Waals surface area contributed by atoms with E-state index >= 15 is 0 Å². The fourth-order valence-electron chi connectivity index (χ4n) is 5.14. The van der Waals surface area contributed by atoms with Crippen molar-refractivity contribution in [1.82, 2.24) is 4.90 Å². The second kappa shape index (κ2) is 8.41. The van der Waals surface area contributed by atoms with E-state index in [1.54, 1.807) is 12.0 Å². The molecule has 2 aliphatic carbocycles. The van der Waals surface area contributed by atoms with Gasteiger partial charge in [0.25, 0.3) is 5.91 Å². The van der Waals surface area contributed by atoms with E-state index in [0.29, 0.717) is 31.3 Å². The van der Waals surface area contributed by atoms with E-state index in [0.717, 1.165) is 30.4 Å². The van der Waals surface area contributed by atoms with Gasteiger partial charge in [-0.05, 0) is 61.3 Å². The molecule has 1 saturated heterocycles. The van der Waals surface area contributed by atoms with E-state index in [1.807, 2.05) is 24.3 Å². The Hall–Kier alpha value is -2.24. The second-order valence-electron chi connectivity index (χ2n) is 8.37. The third kappa shape index (κ3) is 4.26. The van der Waals surface area contributed by atoms with Crippen LogP contribution in [0.1, 0.15) is 32.1 Å². The maximum absolute atomic E-state index is 12.4. The van der Waals surface area contributed by atoms with Crippen molar-refractivity contribution in [2.24, 2.45) is 17.8 Å². The molecule has 3 atom stereocenters. The number of nitrogens with zero attached hydrogens (tertiary/aromatic N) is 2. The predicted molar refractivity (Wildman–Crippen MR) is 106 cm³/mol. The average molecular weight is 386 g/mol. The zero-order valence-electron chi connectivity index (χ0n) is 16.6. The van der Waals surface area contributed by atoms with Gasteiger partial charge in [0.05, 0.1) is 7.11 Å². The molecule has 0 aromatic heterocycles. The summed E-state index contributed by atoms with van der Waals surface area (Å²) in [7, 11) is 1.66. The minimum atomic E-state index is -0.206. The molecule has 6 nitrogen and oxygen atoms in total. The largest absolute Gasteiger partial charge is 0.497 e. The van der Waals surface area contributed by atoms with Crippen LogP contribution in [-0.2, 0) is 14.3 Å². The van der Waals surface area contributed by atoms with Crippen LogP contribution in [0, 0.1) is 17.8 Å². The number of hydrogen-bond acceptors (Lipinski definition) is 5. The van der Waals surface area contributed by atoms with Gasteiger partial charge < -0.3 is 19.3 Å². The van der Waals surface area contributed by atoms with Crippen LogP contribution in [0.4, 0.5) is 5.69 Å². The van der Waals surface area contributed by atoms with Gasteiger partial charge in [-0.3, -0.25) is 9.59 Å². The second-order valence-corrected chi connectivity index (χ2v) is 8.37. The monoisotopic (exact) mass is 386 g/mol. The number of methoxy groups -OCH3 is 1. The van der Waals surface area contributed by atoms with E-state index in [4.69, 9.17) is 9.47 Å². The fraction of sp³-hybridized carbons (Fsp3) is 0.636. The van der Waals surface area contributed by atoms with Gasteiger partial charge in [-0.25, -0.2) is 0 Å². The third-order valence-electron chi connectivity index (χ3n) is 6.74. The smallest absolute Gasteiger partial charge is 0.306 e. The van der Waals surface area contributed by atoms with Crippen LogP contribution >= 0.6 is 0 Å². The molecule has 1 heterocycles. The maximum atomic E-state index is 12.4. The Morgan fingerprint density at radius 1 is 1.04 bits per heavy atom. The lowest BCUT2D eigenvalue weighted by molar-refractivity contribution is -0.153. The molecule has 2 saturated carbocycles. The summed E-state index contributed by atoms with van der Waals surface area (Å²) in [5, 5.41) is 0. The van der Waals surface area contributed by atoms with Gasteiger partial charge in [-0.15, -0.1) is 0 Å². The van der Waals surface area contributed by atoms with Crippen molar-refractivity contribution in [3.63, 3.8) is 0 Å². The lowest BCUT2D eigenvalue weighted by Crippen LogP contribution is -2.49. The standard InChI is InChI=1S/C22H30N2O4/c1-27-20-6-4-19(5-7-20)23-8-10-24(11-9-23)21(25)15-28-22(26)14-18-13-16-2-3-17(18)12-16/h4-7,16-18H,2-3,8-15H2,1H3/t16-,17-,18+/m1/s1. The maximum Gasteiger partial charge on any atom is 0.306 e. The first kappa shape index (κ1) is 19.1. The van der Waals surface area contributed by atoms with Gasteiger partial charge in [0, 0.05) is 38.3 Å². The number of rotatable bonds is 6. The van der Waals surface area contributed by atoms with Crippen molar-refractivity contribution in [1.29, 1.82) is 0 Å².